The number of aromatic nitrogens is 2. The van der Waals surface area contributed by atoms with Crippen LogP contribution < -0.4 is 5.32 Å². The van der Waals surface area contributed by atoms with Crippen molar-refractivity contribution in [2.24, 2.45) is 0 Å². The van der Waals surface area contributed by atoms with Crippen LogP contribution in [0.2, 0.25) is 0 Å². The van der Waals surface area contributed by atoms with E-state index in [-0.39, 0.29) is 24.7 Å². The second-order valence-corrected chi connectivity index (χ2v) is 7.48. The van der Waals surface area contributed by atoms with Crippen LogP contribution in [0.5, 0.6) is 0 Å². The highest BCUT2D eigenvalue weighted by atomic mass is 16.5. The third kappa shape index (κ3) is 3.85. The van der Waals surface area contributed by atoms with Crippen molar-refractivity contribution >= 4 is 16.8 Å². The Balaban J connectivity index is 1.59. The van der Waals surface area contributed by atoms with E-state index in [1.807, 2.05) is 15.8 Å². The van der Waals surface area contributed by atoms with Crippen molar-refractivity contribution in [1.29, 1.82) is 0 Å². The smallest absolute Gasteiger partial charge is 0.253 e. The summed E-state index contributed by atoms with van der Waals surface area (Å²) in [5, 5.41) is 17.9. The number of carbonyl (C=O) groups excluding carboxylic acids is 1. The fraction of sp³-hybridized carbons (Fsp3) is 0.600. The van der Waals surface area contributed by atoms with Gasteiger partial charge in [-0.1, -0.05) is 12.1 Å². The Morgan fingerprint density at radius 2 is 2.33 bits per heavy atom. The number of amides is 1. The topological polar surface area (TPSA) is 79.6 Å². The first-order chi connectivity index (χ1) is 13.2. The number of aryl methyl sites for hydroxylation is 1. The summed E-state index contributed by atoms with van der Waals surface area (Å²) < 4.78 is 7.64. The number of carbonyl (C=O) groups is 1. The number of hydrogen-bond donors (Lipinski definition) is 2. The monoisotopic (exact) mass is 372 g/mol. The van der Waals surface area contributed by atoms with Crippen molar-refractivity contribution < 1.29 is 14.6 Å². The summed E-state index contributed by atoms with van der Waals surface area (Å²) in [5.74, 6) is 0.0890. The normalized spacial score (nSPS) is 21.3. The lowest BCUT2D eigenvalue weighted by molar-refractivity contribution is -0.148. The number of rotatable bonds is 7. The van der Waals surface area contributed by atoms with E-state index in [9.17, 15) is 4.79 Å². The van der Waals surface area contributed by atoms with Crippen LogP contribution in [0.15, 0.2) is 24.4 Å². The van der Waals surface area contributed by atoms with Gasteiger partial charge in [0, 0.05) is 37.7 Å². The Morgan fingerprint density at radius 3 is 3.04 bits per heavy atom. The summed E-state index contributed by atoms with van der Waals surface area (Å²) in [6.07, 6.45) is 4.27. The van der Waals surface area contributed by atoms with Gasteiger partial charge in [-0.3, -0.25) is 9.48 Å². The molecule has 27 heavy (non-hydrogen) atoms. The van der Waals surface area contributed by atoms with Gasteiger partial charge >= 0.3 is 0 Å². The van der Waals surface area contributed by atoms with Gasteiger partial charge in [0.15, 0.2) is 0 Å². The minimum absolute atomic E-state index is 0.0129. The molecular formula is C20H28N4O3. The Labute approximate surface area is 159 Å². The second kappa shape index (κ2) is 7.96. The van der Waals surface area contributed by atoms with E-state index < -0.39 is 0 Å². The second-order valence-electron chi connectivity index (χ2n) is 7.48. The summed E-state index contributed by atoms with van der Waals surface area (Å²) in [6, 6.07) is 6.59. The van der Waals surface area contributed by atoms with Gasteiger partial charge < -0.3 is 20.1 Å². The lowest BCUT2D eigenvalue weighted by Crippen LogP contribution is -2.50. The first-order valence-corrected chi connectivity index (χ1v) is 9.90. The number of aliphatic hydroxyl groups is 1. The van der Waals surface area contributed by atoms with Crippen molar-refractivity contribution in [3.05, 3.63) is 30.0 Å². The molecule has 1 saturated carbocycles. The largest absolute Gasteiger partial charge is 0.396 e. The molecular weight excluding hydrogens is 344 g/mol. The molecule has 1 aromatic heterocycles. The van der Waals surface area contributed by atoms with Crippen molar-refractivity contribution in [3.8, 4) is 0 Å². The molecule has 7 heteroatoms. The van der Waals surface area contributed by atoms with Gasteiger partial charge in [0.25, 0.3) is 5.91 Å². The molecule has 4 rings (SSSR count). The fourth-order valence-electron chi connectivity index (χ4n) is 3.84. The van der Waals surface area contributed by atoms with Crippen LogP contribution in [0, 0.1) is 0 Å². The van der Waals surface area contributed by atoms with E-state index in [1.54, 1.807) is 0 Å². The molecule has 0 bridgehead atoms. The zero-order valence-corrected chi connectivity index (χ0v) is 15.8. The Bertz CT molecular complexity index is 796. The van der Waals surface area contributed by atoms with Gasteiger partial charge in [-0.2, -0.15) is 5.10 Å². The maximum absolute atomic E-state index is 13.1. The lowest BCUT2D eigenvalue weighted by atomic mass is 10.0. The molecule has 1 aliphatic heterocycles. The molecule has 146 valence electrons. The van der Waals surface area contributed by atoms with Gasteiger partial charge in [0.2, 0.25) is 0 Å². The predicted octanol–water partition coefficient (Wildman–Crippen LogP) is 1.46. The van der Waals surface area contributed by atoms with Gasteiger partial charge in [-0.25, -0.2) is 0 Å². The zero-order chi connectivity index (χ0) is 18.8. The molecule has 0 radical (unpaired) electrons. The molecule has 2 heterocycles. The van der Waals surface area contributed by atoms with Crippen LogP contribution in [-0.4, -0.2) is 64.1 Å². The summed E-state index contributed by atoms with van der Waals surface area (Å²) in [4.78, 5) is 15.2. The Morgan fingerprint density at radius 1 is 1.48 bits per heavy atom. The van der Waals surface area contributed by atoms with Gasteiger partial charge in [0.1, 0.15) is 6.10 Å². The zero-order valence-electron chi connectivity index (χ0n) is 15.8. The maximum Gasteiger partial charge on any atom is 0.253 e. The highest BCUT2D eigenvalue weighted by molar-refractivity contribution is 5.83. The van der Waals surface area contributed by atoms with E-state index in [1.165, 1.54) is 0 Å². The average Bonchev–Trinajstić information content (AvgIpc) is 3.46. The number of fused-ring (bicyclic) bond motifs is 1. The summed E-state index contributed by atoms with van der Waals surface area (Å²) in [7, 11) is 0. The summed E-state index contributed by atoms with van der Waals surface area (Å²) in [6.45, 7) is 4.90. The number of aliphatic hydroxyl groups excluding tert-OH is 1. The SMILES string of the molecule is C[C@H](c1ccc2cnn(CCCO)c2c1)N(C(=O)[C@H]1CNCCO1)C1CC1. The minimum Gasteiger partial charge on any atom is -0.396 e. The van der Waals surface area contributed by atoms with Gasteiger partial charge in [-0.05, 0) is 37.8 Å². The third-order valence-corrected chi connectivity index (χ3v) is 5.49. The molecule has 2 aliphatic rings. The van der Waals surface area contributed by atoms with E-state index in [4.69, 9.17) is 9.84 Å². The quantitative estimate of drug-likeness (QED) is 0.769. The Hall–Kier alpha value is -1.96. The van der Waals surface area contributed by atoms with E-state index in [2.05, 4.69) is 35.5 Å². The molecule has 2 atom stereocenters. The molecule has 1 amide bonds. The summed E-state index contributed by atoms with van der Waals surface area (Å²) in [5.41, 5.74) is 2.16. The predicted molar refractivity (Wildman–Crippen MR) is 102 cm³/mol. The molecule has 0 spiro atoms. The third-order valence-electron chi connectivity index (χ3n) is 5.49. The number of benzene rings is 1. The summed E-state index contributed by atoms with van der Waals surface area (Å²) >= 11 is 0. The highest BCUT2D eigenvalue weighted by Gasteiger charge is 2.39. The van der Waals surface area contributed by atoms with Crippen LogP contribution in [0.1, 0.15) is 37.8 Å². The molecule has 2 fully saturated rings. The van der Waals surface area contributed by atoms with Gasteiger partial charge in [0.05, 0.1) is 24.4 Å². The van der Waals surface area contributed by atoms with Crippen molar-refractivity contribution in [1.82, 2.24) is 20.0 Å². The number of ether oxygens (including phenoxy) is 1. The van der Waals surface area contributed by atoms with Crippen LogP contribution in [0.25, 0.3) is 10.9 Å². The van der Waals surface area contributed by atoms with E-state index >= 15 is 0 Å². The highest BCUT2D eigenvalue weighted by Crippen LogP contribution is 2.36. The van der Waals surface area contributed by atoms with Crippen LogP contribution in [0.3, 0.4) is 0 Å². The van der Waals surface area contributed by atoms with E-state index in [0.29, 0.717) is 32.2 Å². The van der Waals surface area contributed by atoms with E-state index in [0.717, 1.165) is 35.9 Å². The Kier molecular flexibility index (Phi) is 5.43. The molecule has 0 unspecified atom stereocenters. The maximum atomic E-state index is 13.1. The number of morpholine rings is 1. The molecule has 2 N–H and O–H groups in total. The van der Waals surface area contributed by atoms with Crippen LogP contribution in [0.4, 0.5) is 0 Å². The fourth-order valence-corrected chi connectivity index (χ4v) is 3.84. The lowest BCUT2D eigenvalue weighted by Gasteiger charge is -2.34. The number of nitrogens with one attached hydrogen (secondary N) is 1. The molecule has 1 aromatic carbocycles. The standard InChI is InChI=1S/C20H28N4O3/c1-14(24(17-5-6-17)20(26)19-13-21-7-10-27-19)15-3-4-16-12-22-23(8-2-9-25)18(16)11-15/h3-4,11-12,14,17,19,21,25H,2,5-10,13H2,1H3/t14-,19-/m1/s1. The minimum atomic E-state index is -0.388. The molecule has 1 aliphatic carbocycles. The number of hydrogen-bond acceptors (Lipinski definition) is 5. The average molecular weight is 372 g/mol. The van der Waals surface area contributed by atoms with Crippen molar-refractivity contribution in [2.45, 2.75) is 50.9 Å². The molecule has 7 nitrogen and oxygen atoms in total. The van der Waals surface area contributed by atoms with Crippen LogP contribution in [-0.2, 0) is 16.1 Å². The first-order valence-electron chi connectivity index (χ1n) is 9.90. The van der Waals surface area contributed by atoms with Crippen molar-refractivity contribution in [3.63, 3.8) is 0 Å². The van der Waals surface area contributed by atoms with Gasteiger partial charge in [-0.15, -0.1) is 0 Å². The number of nitrogens with zero attached hydrogens (tertiary/aromatic N) is 3. The van der Waals surface area contributed by atoms with Crippen molar-refractivity contribution in [2.75, 3.05) is 26.3 Å². The molecule has 2 aromatic rings. The first kappa shape index (κ1) is 18.4. The van der Waals surface area contributed by atoms with Crippen LogP contribution >= 0.6 is 0 Å². The molecule has 1 saturated heterocycles.